The summed E-state index contributed by atoms with van der Waals surface area (Å²) in [7, 11) is 0.103. The van der Waals surface area contributed by atoms with E-state index in [0.717, 1.165) is 0 Å². The van der Waals surface area contributed by atoms with Gasteiger partial charge in [-0.15, -0.1) is 0 Å². The standard InChI is InChI=1S/C18H17B3N2O5S/c19-17(13-8-4-5-11(9-13)10-22)15(24)14(16(23)27-17)28-29(25,26)18(20,21)12-6-2-1-3-7-12/h1-9H,19-21,23H2/t17-/m0/s1. The molecule has 0 saturated carbocycles. The van der Waals surface area contributed by atoms with Crippen LogP contribution in [-0.4, -0.2) is 37.7 Å². The second-order valence-electron chi connectivity index (χ2n) is 7.26. The zero-order valence-electron chi connectivity index (χ0n) is 16.2. The summed E-state index contributed by atoms with van der Waals surface area (Å²) < 4.78 is 35.3. The molecular formula is C18H17B3N2O5S. The minimum absolute atomic E-state index is 0.325. The van der Waals surface area contributed by atoms with Crippen molar-refractivity contribution < 1.29 is 22.1 Å². The quantitative estimate of drug-likeness (QED) is 0.474. The third-order valence-corrected chi connectivity index (χ3v) is 6.88. The van der Waals surface area contributed by atoms with Crippen LogP contribution in [0, 0.1) is 11.3 Å². The molecule has 11 heteroatoms. The van der Waals surface area contributed by atoms with Crippen LogP contribution >= 0.6 is 0 Å². The Morgan fingerprint density at radius 2 is 1.79 bits per heavy atom. The lowest BCUT2D eigenvalue weighted by molar-refractivity contribution is -0.126. The zero-order valence-corrected chi connectivity index (χ0v) is 17.0. The van der Waals surface area contributed by atoms with Gasteiger partial charge in [0.15, 0.2) is 13.3 Å². The Kier molecular flexibility index (Phi) is 5.01. The van der Waals surface area contributed by atoms with Crippen molar-refractivity contribution in [3.63, 3.8) is 0 Å². The Hall–Kier alpha value is -3.12. The molecule has 0 bridgehead atoms. The van der Waals surface area contributed by atoms with Crippen molar-refractivity contribution in [2.75, 3.05) is 0 Å². The van der Waals surface area contributed by atoms with Crippen LogP contribution in [0.1, 0.15) is 16.7 Å². The van der Waals surface area contributed by atoms with Crippen molar-refractivity contribution in [1.82, 2.24) is 0 Å². The van der Waals surface area contributed by atoms with E-state index in [1.807, 2.05) is 6.07 Å². The number of Topliss-reactive ketones (excluding diaryl/α,β-unsaturated/α-hetero) is 1. The molecule has 1 heterocycles. The topological polar surface area (TPSA) is 119 Å². The lowest BCUT2D eigenvalue weighted by Gasteiger charge is -2.26. The highest BCUT2D eigenvalue weighted by molar-refractivity contribution is 7.90. The van der Waals surface area contributed by atoms with Crippen molar-refractivity contribution in [1.29, 1.82) is 5.26 Å². The van der Waals surface area contributed by atoms with Gasteiger partial charge in [0, 0.05) is 0 Å². The molecule has 144 valence electrons. The van der Waals surface area contributed by atoms with Gasteiger partial charge in [-0.2, -0.15) is 13.7 Å². The first-order chi connectivity index (χ1) is 13.5. The van der Waals surface area contributed by atoms with Gasteiger partial charge in [-0.05, 0) is 23.3 Å². The van der Waals surface area contributed by atoms with Gasteiger partial charge < -0.3 is 14.7 Å². The van der Waals surface area contributed by atoms with E-state index in [2.05, 4.69) is 0 Å². The van der Waals surface area contributed by atoms with Gasteiger partial charge in [-0.25, -0.2) is 0 Å². The molecule has 0 unspecified atom stereocenters. The molecule has 29 heavy (non-hydrogen) atoms. The number of hydrogen-bond acceptors (Lipinski definition) is 7. The molecule has 0 aromatic heterocycles. The van der Waals surface area contributed by atoms with Crippen molar-refractivity contribution in [3.05, 3.63) is 82.9 Å². The summed E-state index contributed by atoms with van der Waals surface area (Å²) in [4.78, 5) is 13.0. The zero-order chi connectivity index (χ0) is 21.4. The number of benzene rings is 2. The van der Waals surface area contributed by atoms with Crippen molar-refractivity contribution in [2.24, 2.45) is 5.73 Å². The van der Waals surface area contributed by atoms with Gasteiger partial charge in [-0.3, -0.25) is 4.79 Å². The lowest BCUT2D eigenvalue weighted by atomic mass is 9.65. The minimum atomic E-state index is -4.30. The number of ketones is 1. The fraction of sp³-hybridized carbons (Fsp3) is 0.111. The van der Waals surface area contributed by atoms with Crippen LogP contribution in [-0.2, 0) is 33.9 Å². The number of nitriles is 1. The maximum atomic E-state index is 13.0. The monoisotopic (exact) mass is 406 g/mol. The smallest absolute Gasteiger partial charge is 0.304 e. The Morgan fingerprint density at radius 3 is 2.41 bits per heavy atom. The van der Waals surface area contributed by atoms with Crippen LogP contribution in [0.4, 0.5) is 0 Å². The molecule has 0 saturated heterocycles. The van der Waals surface area contributed by atoms with E-state index in [-0.39, 0.29) is 0 Å². The number of carbonyl (C=O) groups is 1. The minimum Gasteiger partial charge on any atom is -0.467 e. The third kappa shape index (κ3) is 3.40. The summed E-state index contributed by atoms with van der Waals surface area (Å²) in [6.45, 7) is 0. The molecule has 0 radical (unpaired) electrons. The van der Waals surface area contributed by atoms with E-state index < -0.39 is 37.6 Å². The molecule has 2 aromatic carbocycles. The lowest BCUT2D eigenvalue weighted by Crippen LogP contribution is -2.40. The highest BCUT2D eigenvalue weighted by atomic mass is 32.2. The molecule has 7 nitrogen and oxygen atoms in total. The second-order valence-corrected chi connectivity index (χ2v) is 9.36. The van der Waals surface area contributed by atoms with E-state index in [1.165, 1.54) is 29.6 Å². The van der Waals surface area contributed by atoms with E-state index >= 15 is 0 Å². The predicted molar refractivity (Wildman–Crippen MR) is 114 cm³/mol. The Balaban J connectivity index is 1.95. The summed E-state index contributed by atoms with van der Waals surface area (Å²) in [5.74, 6) is -1.73. The van der Waals surface area contributed by atoms with Crippen LogP contribution in [0.5, 0.6) is 0 Å². The maximum Gasteiger partial charge on any atom is 0.304 e. The van der Waals surface area contributed by atoms with Crippen molar-refractivity contribution in [3.8, 4) is 6.07 Å². The molecule has 1 aliphatic rings. The largest absolute Gasteiger partial charge is 0.467 e. The normalized spacial score (nSPS) is 19.5. The van der Waals surface area contributed by atoms with E-state index in [0.29, 0.717) is 16.7 Å². The van der Waals surface area contributed by atoms with Gasteiger partial charge in [0.25, 0.3) is 0 Å². The number of nitrogens with zero attached hydrogens (tertiary/aromatic N) is 1. The Bertz CT molecular complexity index is 1160. The van der Waals surface area contributed by atoms with Crippen LogP contribution in [0.25, 0.3) is 0 Å². The van der Waals surface area contributed by atoms with Crippen LogP contribution in [0.2, 0.25) is 0 Å². The van der Waals surface area contributed by atoms with E-state index in [4.69, 9.17) is 19.9 Å². The molecule has 0 fully saturated rings. The van der Waals surface area contributed by atoms with Gasteiger partial charge >= 0.3 is 10.1 Å². The summed E-state index contributed by atoms with van der Waals surface area (Å²) in [6.07, 6.45) is 0. The molecule has 2 N–H and O–H groups in total. The van der Waals surface area contributed by atoms with Gasteiger partial charge in [-0.1, -0.05) is 42.5 Å². The summed E-state index contributed by atoms with van der Waals surface area (Å²) in [5, 5.41) is 9.09. The molecule has 0 amide bonds. The van der Waals surface area contributed by atoms with Crippen molar-refractivity contribution in [2.45, 2.75) is 10.0 Å². The molecule has 2 aromatic rings. The first kappa shape index (κ1) is 20.6. The second kappa shape index (κ2) is 7.05. The number of rotatable bonds is 5. The molecule has 0 spiro atoms. The molecule has 1 atom stereocenters. The highest BCUT2D eigenvalue weighted by Crippen LogP contribution is 2.38. The van der Waals surface area contributed by atoms with Crippen LogP contribution < -0.4 is 5.73 Å². The molecular weight excluding hydrogens is 389 g/mol. The Morgan fingerprint density at radius 1 is 1.14 bits per heavy atom. The van der Waals surface area contributed by atoms with E-state index in [1.54, 1.807) is 48.5 Å². The van der Waals surface area contributed by atoms with Gasteiger partial charge in [0.2, 0.25) is 17.4 Å². The number of nitrogens with two attached hydrogens (primary N) is 1. The van der Waals surface area contributed by atoms with E-state index in [9.17, 15) is 13.2 Å². The first-order valence-corrected chi connectivity index (χ1v) is 10.2. The maximum absolute atomic E-state index is 13.0. The summed E-state index contributed by atoms with van der Waals surface area (Å²) >= 11 is 0. The molecule has 3 rings (SSSR count). The highest BCUT2D eigenvalue weighted by Gasteiger charge is 2.50. The Labute approximate surface area is 171 Å². The molecule has 1 aliphatic heterocycles. The van der Waals surface area contributed by atoms with Crippen LogP contribution in [0.3, 0.4) is 0 Å². The summed E-state index contributed by atoms with van der Waals surface area (Å²) in [6, 6.07) is 16.7. The van der Waals surface area contributed by atoms with Crippen LogP contribution in [0.15, 0.2) is 66.2 Å². The number of hydrogen-bond donors (Lipinski definition) is 1. The average Bonchev–Trinajstić information content (AvgIpc) is 2.92. The molecule has 0 aliphatic carbocycles. The number of ether oxygens (including phenoxy) is 1. The van der Waals surface area contributed by atoms with Gasteiger partial charge in [0.05, 0.1) is 16.2 Å². The fourth-order valence-electron chi connectivity index (χ4n) is 2.99. The third-order valence-electron chi connectivity index (χ3n) is 5.01. The number of carbonyl (C=O) groups excluding carboxylic acids is 1. The SMILES string of the molecule is BC(B)(c1ccccc1)S(=O)(=O)OC1=C(N)O[C@@](B)(c2cccc(C#N)c2)C1=O. The first-order valence-electron chi connectivity index (χ1n) is 8.76. The predicted octanol–water partition coefficient (Wildman–Crippen LogP) is -1.51. The fourth-order valence-corrected chi connectivity index (χ4v) is 4.00. The average molecular weight is 406 g/mol. The summed E-state index contributed by atoms with van der Waals surface area (Å²) in [5.41, 5.74) is 5.41. The van der Waals surface area contributed by atoms with Crippen molar-refractivity contribution >= 4 is 39.4 Å². The van der Waals surface area contributed by atoms with Gasteiger partial charge in [0.1, 0.15) is 15.7 Å².